The summed E-state index contributed by atoms with van der Waals surface area (Å²) in [4.78, 5) is 15.2. The van der Waals surface area contributed by atoms with E-state index in [1.54, 1.807) is 25.6 Å². The van der Waals surface area contributed by atoms with Crippen molar-refractivity contribution in [2.75, 3.05) is 34.4 Å². The molecule has 0 saturated heterocycles. The average Bonchev–Trinajstić information content (AvgIpc) is 3.14. The van der Waals surface area contributed by atoms with Gasteiger partial charge >= 0.3 is 5.97 Å². The van der Waals surface area contributed by atoms with Crippen LogP contribution in [-0.4, -0.2) is 45.3 Å². The zero-order valence-corrected chi connectivity index (χ0v) is 14.9. The van der Waals surface area contributed by atoms with Gasteiger partial charge in [-0.2, -0.15) is 0 Å². The third kappa shape index (κ3) is 3.12. The lowest BCUT2D eigenvalue weighted by Crippen LogP contribution is -2.39. The minimum atomic E-state index is -0.222. The van der Waals surface area contributed by atoms with E-state index in [1.165, 1.54) is 17.6 Å². The Morgan fingerprint density at radius 3 is 2.62 bits per heavy atom. The molecule has 1 atom stereocenters. The van der Waals surface area contributed by atoms with E-state index in [0.29, 0.717) is 5.75 Å². The predicted octanol–water partition coefficient (Wildman–Crippen LogP) is 2.89. The fourth-order valence-corrected chi connectivity index (χ4v) is 4.05. The highest BCUT2D eigenvalue weighted by Crippen LogP contribution is 2.41. The standard InChI is InChI=1S/C18H21NO4S/c1-21-14-9-12-6-7-19(11-17(20)23-3)18(16-5-4-8-24-16)13(12)10-15(14)22-2/h4-5,8-10,18H,6-7,11H2,1-3H3. The van der Waals surface area contributed by atoms with Gasteiger partial charge in [0.15, 0.2) is 11.5 Å². The number of hydrogen-bond acceptors (Lipinski definition) is 6. The van der Waals surface area contributed by atoms with Gasteiger partial charge in [0, 0.05) is 11.4 Å². The normalized spacial score (nSPS) is 17.2. The first-order valence-corrected chi connectivity index (χ1v) is 8.65. The summed E-state index contributed by atoms with van der Waals surface area (Å²) in [5.74, 6) is 1.22. The van der Waals surface area contributed by atoms with Crippen molar-refractivity contribution in [3.63, 3.8) is 0 Å². The number of benzene rings is 1. The highest BCUT2D eigenvalue weighted by atomic mass is 32.1. The Morgan fingerprint density at radius 2 is 2.00 bits per heavy atom. The van der Waals surface area contributed by atoms with Crippen molar-refractivity contribution in [3.05, 3.63) is 45.6 Å². The number of nitrogens with zero attached hydrogens (tertiary/aromatic N) is 1. The second-order valence-electron chi connectivity index (χ2n) is 5.62. The lowest BCUT2D eigenvalue weighted by molar-refractivity contribution is -0.142. The molecule has 24 heavy (non-hydrogen) atoms. The molecule has 0 aliphatic carbocycles. The zero-order valence-electron chi connectivity index (χ0n) is 14.1. The summed E-state index contributed by atoms with van der Waals surface area (Å²) in [5, 5.41) is 2.06. The van der Waals surface area contributed by atoms with Gasteiger partial charge in [-0.3, -0.25) is 9.69 Å². The number of hydrogen-bond donors (Lipinski definition) is 0. The van der Waals surface area contributed by atoms with E-state index in [-0.39, 0.29) is 18.6 Å². The molecule has 1 unspecified atom stereocenters. The Bertz CT molecular complexity index is 714. The van der Waals surface area contributed by atoms with Crippen LogP contribution in [0.2, 0.25) is 0 Å². The first-order chi connectivity index (χ1) is 11.7. The van der Waals surface area contributed by atoms with Crippen LogP contribution in [0.15, 0.2) is 29.6 Å². The maximum absolute atomic E-state index is 11.8. The lowest BCUT2D eigenvalue weighted by Gasteiger charge is -2.36. The Hall–Kier alpha value is -2.05. The van der Waals surface area contributed by atoms with Gasteiger partial charge in [-0.1, -0.05) is 6.07 Å². The first-order valence-electron chi connectivity index (χ1n) is 7.77. The van der Waals surface area contributed by atoms with Crippen LogP contribution in [0.3, 0.4) is 0 Å². The van der Waals surface area contributed by atoms with Crippen LogP contribution < -0.4 is 9.47 Å². The quantitative estimate of drug-likeness (QED) is 0.779. The Balaban J connectivity index is 2.06. The van der Waals surface area contributed by atoms with Crippen LogP contribution >= 0.6 is 11.3 Å². The molecule has 0 amide bonds. The summed E-state index contributed by atoms with van der Waals surface area (Å²) in [7, 11) is 4.71. The van der Waals surface area contributed by atoms with Crippen LogP contribution in [0, 0.1) is 0 Å². The summed E-state index contributed by atoms with van der Waals surface area (Å²) < 4.78 is 15.8. The fraction of sp³-hybridized carbons (Fsp3) is 0.389. The lowest BCUT2D eigenvalue weighted by atomic mass is 9.91. The predicted molar refractivity (Wildman–Crippen MR) is 93.0 cm³/mol. The third-order valence-corrected chi connectivity index (χ3v) is 5.27. The van der Waals surface area contributed by atoms with E-state index in [0.717, 1.165) is 24.3 Å². The molecule has 2 aromatic rings. The largest absolute Gasteiger partial charge is 0.493 e. The Morgan fingerprint density at radius 1 is 1.25 bits per heavy atom. The molecule has 0 saturated carbocycles. The SMILES string of the molecule is COC(=O)CN1CCc2cc(OC)c(OC)cc2C1c1cccs1. The second-order valence-corrected chi connectivity index (χ2v) is 6.60. The monoisotopic (exact) mass is 347 g/mol. The number of rotatable bonds is 5. The van der Waals surface area contributed by atoms with E-state index in [4.69, 9.17) is 14.2 Å². The molecular weight excluding hydrogens is 326 g/mol. The molecule has 0 radical (unpaired) electrons. The maximum atomic E-state index is 11.8. The molecule has 1 aliphatic heterocycles. The second kappa shape index (κ2) is 7.23. The Labute approximate surface area is 145 Å². The van der Waals surface area contributed by atoms with Crippen molar-refractivity contribution in [1.29, 1.82) is 0 Å². The smallest absolute Gasteiger partial charge is 0.319 e. The molecule has 0 N–H and O–H groups in total. The summed E-state index contributed by atoms with van der Waals surface area (Å²) in [6.07, 6.45) is 0.856. The van der Waals surface area contributed by atoms with Gasteiger partial charge in [-0.15, -0.1) is 11.3 Å². The molecule has 128 valence electrons. The molecule has 2 heterocycles. The van der Waals surface area contributed by atoms with E-state index < -0.39 is 0 Å². The molecule has 1 aliphatic rings. The van der Waals surface area contributed by atoms with Crippen molar-refractivity contribution in [2.24, 2.45) is 0 Å². The van der Waals surface area contributed by atoms with E-state index >= 15 is 0 Å². The number of carbonyl (C=O) groups is 1. The van der Waals surface area contributed by atoms with Gasteiger partial charge in [0.2, 0.25) is 0 Å². The molecule has 3 rings (SSSR count). The minimum absolute atomic E-state index is 0.0210. The van der Waals surface area contributed by atoms with Crippen molar-refractivity contribution in [3.8, 4) is 11.5 Å². The number of ether oxygens (including phenoxy) is 3. The number of methoxy groups -OCH3 is 3. The van der Waals surface area contributed by atoms with Crippen LogP contribution in [0.5, 0.6) is 11.5 Å². The summed E-state index contributed by atoms with van der Waals surface area (Å²) in [6, 6.07) is 8.23. The molecule has 0 fully saturated rings. The molecule has 6 heteroatoms. The van der Waals surface area contributed by atoms with Crippen molar-refractivity contribution >= 4 is 17.3 Å². The van der Waals surface area contributed by atoms with Gasteiger partial charge in [0.25, 0.3) is 0 Å². The number of carbonyl (C=O) groups excluding carboxylic acids is 1. The molecule has 0 spiro atoms. The summed E-state index contributed by atoms with van der Waals surface area (Å²) in [5.41, 5.74) is 2.39. The fourth-order valence-electron chi connectivity index (χ4n) is 3.18. The number of esters is 1. The molecule has 1 aromatic heterocycles. The zero-order chi connectivity index (χ0) is 17.1. The number of thiophene rings is 1. The molecule has 1 aromatic carbocycles. The van der Waals surface area contributed by atoms with Gasteiger partial charge in [0.05, 0.1) is 33.9 Å². The van der Waals surface area contributed by atoms with Crippen LogP contribution in [0.1, 0.15) is 22.0 Å². The average molecular weight is 347 g/mol. The van der Waals surface area contributed by atoms with E-state index in [1.807, 2.05) is 18.2 Å². The first kappa shape index (κ1) is 16.8. The maximum Gasteiger partial charge on any atom is 0.319 e. The van der Waals surface area contributed by atoms with Crippen molar-refractivity contribution < 1.29 is 19.0 Å². The summed E-state index contributed by atoms with van der Waals surface area (Å²) >= 11 is 1.69. The van der Waals surface area contributed by atoms with Gasteiger partial charge in [-0.05, 0) is 41.1 Å². The number of fused-ring (bicyclic) bond motifs is 1. The van der Waals surface area contributed by atoms with Crippen LogP contribution in [0.4, 0.5) is 0 Å². The van der Waals surface area contributed by atoms with E-state index in [9.17, 15) is 4.79 Å². The van der Waals surface area contributed by atoms with Crippen LogP contribution in [-0.2, 0) is 16.0 Å². The third-order valence-electron chi connectivity index (χ3n) is 4.35. The molecular formula is C18H21NO4S. The van der Waals surface area contributed by atoms with Gasteiger partial charge in [-0.25, -0.2) is 0 Å². The molecule has 5 nitrogen and oxygen atoms in total. The molecule has 0 bridgehead atoms. The highest BCUT2D eigenvalue weighted by Gasteiger charge is 2.32. The van der Waals surface area contributed by atoms with Crippen LogP contribution in [0.25, 0.3) is 0 Å². The highest BCUT2D eigenvalue weighted by molar-refractivity contribution is 7.10. The minimum Gasteiger partial charge on any atom is -0.493 e. The van der Waals surface area contributed by atoms with Gasteiger partial charge in [0.1, 0.15) is 0 Å². The van der Waals surface area contributed by atoms with Crippen molar-refractivity contribution in [2.45, 2.75) is 12.5 Å². The van der Waals surface area contributed by atoms with Gasteiger partial charge < -0.3 is 14.2 Å². The topological polar surface area (TPSA) is 48.0 Å². The van der Waals surface area contributed by atoms with E-state index in [2.05, 4.69) is 16.3 Å². The summed E-state index contributed by atoms with van der Waals surface area (Å²) in [6.45, 7) is 1.06. The van der Waals surface area contributed by atoms with Crippen molar-refractivity contribution in [1.82, 2.24) is 4.90 Å². The Kier molecular flexibility index (Phi) is 5.06.